The van der Waals surface area contributed by atoms with Crippen LogP contribution in [0.5, 0.6) is 5.75 Å². The van der Waals surface area contributed by atoms with E-state index in [0.717, 1.165) is 25.7 Å². The van der Waals surface area contributed by atoms with Gasteiger partial charge in [0.25, 0.3) is 0 Å². The third kappa shape index (κ3) is 2.67. The minimum absolute atomic E-state index is 0.110. The minimum atomic E-state index is -0.485. The Morgan fingerprint density at radius 3 is 2.71 bits per heavy atom. The molecule has 4 nitrogen and oxygen atoms in total. The molecule has 3 N–H and O–H groups in total. The van der Waals surface area contributed by atoms with Gasteiger partial charge in [-0.3, -0.25) is 0 Å². The van der Waals surface area contributed by atoms with E-state index in [-0.39, 0.29) is 17.7 Å². The third-order valence-electron chi connectivity index (χ3n) is 2.93. The van der Waals surface area contributed by atoms with E-state index in [0.29, 0.717) is 5.56 Å². The molecule has 0 heterocycles. The van der Waals surface area contributed by atoms with Gasteiger partial charge in [-0.2, -0.15) is 0 Å². The number of nitrogens with zero attached hydrogens (tertiary/aromatic N) is 1. The van der Waals surface area contributed by atoms with Gasteiger partial charge < -0.3 is 15.7 Å². The van der Waals surface area contributed by atoms with Crippen LogP contribution in [0.25, 0.3) is 0 Å². The van der Waals surface area contributed by atoms with Crippen molar-refractivity contribution in [2.45, 2.75) is 31.8 Å². The van der Waals surface area contributed by atoms with E-state index in [1.807, 2.05) is 0 Å². The number of oxime groups is 1. The normalized spacial score (nSPS) is 17.4. The van der Waals surface area contributed by atoms with Crippen molar-refractivity contribution in [2.24, 2.45) is 10.9 Å². The van der Waals surface area contributed by atoms with Gasteiger partial charge in [-0.05, 0) is 43.9 Å². The predicted octanol–water partition coefficient (Wildman–Crippen LogP) is 2.24. The number of rotatable bonds is 3. The molecule has 0 saturated heterocycles. The standard InChI is InChI=1S/C12H15FN2O2/c13-10-7-8(12(14)15-16)5-6-11(10)17-9-3-1-2-4-9/h5-7,9,16H,1-4H2,(H2,14,15). The second-order valence-corrected chi connectivity index (χ2v) is 4.15. The van der Waals surface area contributed by atoms with E-state index < -0.39 is 5.82 Å². The fourth-order valence-corrected chi connectivity index (χ4v) is 2.00. The molecule has 1 fully saturated rings. The Morgan fingerprint density at radius 2 is 2.12 bits per heavy atom. The highest BCUT2D eigenvalue weighted by atomic mass is 19.1. The van der Waals surface area contributed by atoms with Crippen molar-refractivity contribution in [1.29, 1.82) is 0 Å². The number of hydrogen-bond acceptors (Lipinski definition) is 3. The molecule has 2 rings (SSSR count). The zero-order chi connectivity index (χ0) is 12.3. The van der Waals surface area contributed by atoms with Gasteiger partial charge in [0.15, 0.2) is 17.4 Å². The van der Waals surface area contributed by atoms with E-state index in [9.17, 15) is 4.39 Å². The smallest absolute Gasteiger partial charge is 0.170 e. The fraction of sp³-hybridized carbons (Fsp3) is 0.417. The van der Waals surface area contributed by atoms with Crippen molar-refractivity contribution in [3.8, 4) is 5.75 Å². The van der Waals surface area contributed by atoms with Crippen LogP contribution in [0.15, 0.2) is 23.4 Å². The third-order valence-corrected chi connectivity index (χ3v) is 2.93. The lowest BCUT2D eigenvalue weighted by Gasteiger charge is -2.14. The number of benzene rings is 1. The van der Waals surface area contributed by atoms with Crippen LogP contribution in [0.1, 0.15) is 31.2 Å². The summed E-state index contributed by atoms with van der Waals surface area (Å²) >= 11 is 0. The summed E-state index contributed by atoms with van der Waals surface area (Å²) in [6.45, 7) is 0. The van der Waals surface area contributed by atoms with E-state index in [4.69, 9.17) is 15.7 Å². The summed E-state index contributed by atoms with van der Waals surface area (Å²) < 4.78 is 19.2. The Bertz CT molecular complexity index is 429. The number of nitrogens with two attached hydrogens (primary N) is 1. The lowest BCUT2D eigenvalue weighted by atomic mass is 10.2. The second-order valence-electron chi connectivity index (χ2n) is 4.15. The van der Waals surface area contributed by atoms with Crippen molar-refractivity contribution in [1.82, 2.24) is 0 Å². The maximum absolute atomic E-state index is 13.7. The first kappa shape index (κ1) is 11.7. The van der Waals surface area contributed by atoms with Crippen molar-refractivity contribution < 1.29 is 14.3 Å². The second kappa shape index (κ2) is 5.03. The maximum Gasteiger partial charge on any atom is 0.170 e. The largest absolute Gasteiger partial charge is 0.487 e. The molecule has 0 aromatic heterocycles. The van der Waals surface area contributed by atoms with Crippen molar-refractivity contribution in [2.75, 3.05) is 0 Å². The van der Waals surface area contributed by atoms with Crippen molar-refractivity contribution in [3.05, 3.63) is 29.6 Å². The van der Waals surface area contributed by atoms with Crippen molar-refractivity contribution >= 4 is 5.84 Å². The SMILES string of the molecule is N/C(=N\O)c1ccc(OC2CCCC2)c(F)c1. The summed E-state index contributed by atoms with van der Waals surface area (Å²) in [5.41, 5.74) is 5.71. The Hall–Kier alpha value is -1.78. The first-order valence-electron chi connectivity index (χ1n) is 5.65. The van der Waals surface area contributed by atoms with E-state index >= 15 is 0 Å². The van der Waals surface area contributed by atoms with Gasteiger partial charge in [0.2, 0.25) is 0 Å². The number of hydrogen-bond donors (Lipinski definition) is 2. The molecule has 92 valence electrons. The summed E-state index contributed by atoms with van der Waals surface area (Å²) in [7, 11) is 0. The Labute approximate surface area is 98.9 Å². The molecule has 1 saturated carbocycles. The molecule has 1 aromatic rings. The molecule has 0 amide bonds. The van der Waals surface area contributed by atoms with Gasteiger partial charge in [-0.15, -0.1) is 0 Å². The van der Waals surface area contributed by atoms with Gasteiger partial charge in [-0.1, -0.05) is 5.16 Å². The van der Waals surface area contributed by atoms with Crippen LogP contribution in [-0.4, -0.2) is 17.1 Å². The van der Waals surface area contributed by atoms with E-state index in [1.54, 1.807) is 6.07 Å². The predicted molar refractivity (Wildman–Crippen MR) is 61.8 cm³/mol. The summed E-state index contributed by atoms with van der Waals surface area (Å²) in [5, 5.41) is 11.3. The number of halogens is 1. The van der Waals surface area contributed by atoms with E-state index in [1.165, 1.54) is 12.1 Å². The molecule has 1 aliphatic rings. The highest BCUT2D eigenvalue weighted by molar-refractivity contribution is 5.97. The van der Waals surface area contributed by atoms with Crippen LogP contribution in [0, 0.1) is 5.82 Å². The lowest BCUT2D eigenvalue weighted by Crippen LogP contribution is -2.15. The highest BCUT2D eigenvalue weighted by Crippen LogP contribution is 2.26. The summed E-state index contributed by atoms with van der Waals surface area (Å²) in [5.74, 6) is -0.372. The molecule has 0 radical (unpaired) electrons. The molecule has 0 aliphatic heterocycles. The van der Waals surface area contributed by atoms with Crippen LogP contribution in [-0.2, 0) is 0 Å². The first-order chi connectivity index (χ1) is 8.20. The average molecular weight is 238 g/mol. The minimum Gasteiger partial charge on any atom is -0.487 e. The van der Waals surface area contributed by atoms with Crippen molar-refractivity contribution in [3.63, 3.8) is 0 Å². The van der Waals surface area contributed by atoms with Crippen LogP contribution in [0.3, 0.4) is 0 Å². The quantitative estimate of drug-likeness (QED) is 0.367. The van der Waals surface area contributed by atoms with Gasteiger partial charge in [-0.25, -0.2) is 4.39 Å². The molecule has 0 spiro atoms. The van der Waals surface area contributed by atoms with Crippen LogP contribution in [0.2, 0.25) is 0 Å². The molecule has 5 heteroatoms. The lowest BCUT2D eigenvalue weighted by molar-refractivity contribution is 0.200. The fourth-order valence-electron chi connectivity index (χ4n) is 2.00. The van der Waals surface area contributed by atoms with Gasteiger partial charge >= 0.3 is 0 Å². The Morgan fingerprint density at radius 1 is 1.41 bits per heavy atom. The zero-order valence-corrected chi connectivity index (χ0v) is 9.40. The Kier molecular flexibility index (Phi) is 3.46. The molecule has 0 atom stereocenters. The summed E-state index contributed by atoms with van der Waals surface area (Å²) in [6.07, 6.45) is 4.32. The maximum atomic E-state index is 13.7. The molecule has 0 unspecified atom stereocenters. The highest BCUT2D eigenvalue weighted by Gasteiger charge is 2.18. The van der Waals surface area contributed by atoms with Crippen LogP contribution in [0.4, 0.5) is 4.39 Å². The number of amidine groups is 1. The first-order valence-corrected chi connectivity index (χ1v) is 5.65. The van der Waals surface area contributed by atoms with Gasteiger partial charge in [0, 0.05) is 5.56 Å². The Balaban J connectivity index is 2.13. The van der Waals surface area contributed by atoms with E-state index in [2.05, 4.69) is 5.16 Å². The van der Waals surface area contributed by atoms with Gasteiger partial charge in [0.1, 0.15) is 0 Å². The molecular formula is C12H15FN2O2. The topological polar surface area (TPSA) is 67.8 Å². The number of ether oxygens (including phenoxy) is 1. The molecular weight excluding hydrogens is 223 g/mol. The molecule has 17 heavy (non-hydrogen) atoms. The van der Waals surface area contributed by atoms with Gasteiger partial charge in [0.05, 0.1) is 6.10 Å². The molecule has 1 aromatic carbocycles. The molecule has 1 aliphatic carbocycles. The summed E-state index contributed by atoms with van der Waals surface area (Å²) in [6, 6.07) is 4.29. The monoisotopic (exact) mass is 238 g/mol. The average Bonchev–Trinajstić information content (AvgIpc) is 2.83. The summed E-state index contributed by atoms with van der Waals surface area (Å²) in [4.78, 5) is 0. The van der Waals surface area contributed by atoms with Crippen LogP contribution >= 0.6 is 0 Å². The molecule has 0 bridgehead atoms. The zero-order valence-electron chi connectivity index (χ0n) is 9.40. The van der Waals surface area contributed by atoms with Crippen LogP contribution < -0.4 is 10.5 Å².